The number of anilines is 1. The molecule has 0 bridgehead atoms. The summed E-state index contributed by atoms with van der Waals surface area (Å²) in [6.45, 7) is 2.16. The van der Waals surface area contributed by atoms with Crippen LogP contribution < -0.4 is 14.9 Å². The van der Waals surface area contributed by atoms with E-state index in [0.29, 0.717) is 37.1 Å². The lowest BCUT2D eigenvalue weighted by molar-refractivity contribution is -0.928. The Morgan fingerprint density at radius 2 is 1.97 bits per heavy atom. The Hall–Kier alpha value is -1.93. The van der Waals surface area contributed by atoms with Crippen LogP contribution in [0, 0.1) is 5.92 Å². The van der Waals surface area contributed by atoms with E-state index >= 15 is 0 Å². The van der Waals surface area contributed by atoms with Crippen molar-refractivity contribution in [3.63, 3.8) is 0 Å². The number of rotatable bonds is 5. The van der Waals surface area contributed by atoms with Gasteiger partial charge in [0, 0.05) is 24.6 Å². The Labute approximate surface area is 173 Å². The number of hydrogen-bond acceptors (Lipinski definition) is 4. The number of amides is 1. The quantitative estimate of drug-likeness (QED) is 0.672. The highest BCUT2D eigenvalue weighted by Gasteiger charge is 2.37. The summed E-state index contributed by atoms with van der Waals surface area (Å²) in [5, 5.41) is 2.91. The molecular weight excluding hydrogens is 388 g/mol. The number of sulfonamides is 1. The molecule has 1 amide bonds. The largest absolute Gasteiger partial charge is 0.324 e. The van der Waals surface area contributed by atoms with Gasteiger partial charge >= 0.3 is 0 Å². The fourth-order valence-corrected chi connectivity index (χ4v) is 6.21. The summed E-state index contributed by atoms with van der Waals surface area (Å²) in [5.41, 5.74) is 0.517. The Kier molecular flexibility index (Phi) is 6.20. The van der Waals surface area contributed by atoms with Crippen LogP contribution in [0.2, 0.25) is 0 Å². The van der Waals surface area contributed by atoms with Crippen LogP contribution in [0.4, 0.5) is 5.69 Å². The molecule has 29 heavy (non-hydrogen) atoms. The molecule has 3 aliphatic rings. The van der Waals surface area contributed by atoms with E-state index in [1.165, 1.54) is 55.6 Å². The third-order valence-electron chi connectivity index (χ3n) is 6.45. The predicted octanol–water partition coefficient (Wildman–Crippen LogP) is 1.33. The van der Waals surface area contributed by atoms with Crippen molar-refractivity contribution in [3.8, 4) is 0 Å². The molecule has 2 fully saturated rings. The highest BCUT2D eigenvalue weighted by Crippen LogP contribution is 2.28. The molecular formula is C21H31N4O3S+. The molecule has 0 radical (unpaired) electrons. The maximum atomic E-state index is 12.7. The van der Waals surface area contributed by atoms with Crippen molar-refractivity contribution in [2.75, 3.05) is 25.0 Å². The van der Waals surface area contributed by atoms with Crippen molar-refractivity contribution >= 4 is 27.5 Å². The lowest BCUT2D eigenvalue weighted by Gasteiger charge is -2.40. The molecule has 1 saturated carbocycles. The first-order valence-electron chi connectivity index (χ1n) is 10.8. The molecule has 3 atom stereocenters. The van der Waals surface area contributed by atoms with E-state index in [4.69, 9.17) is 0 Å². The molecule has 1 aliphatic carbocycles. The number of hydrogen-bond donors (Lipinski definition) is 3. The van der Waals surface area contributed by atoms with Crippen molar-refractivity contribution in [2.24, 2.45) is 10.9 Å². The van der Waals surface area contributed by atoms with E-state index in [-0.39, 0.29) is 10.8 Å². The molecule has 1 unspecified atom stereocenters. The number of piperidine rings is 1. The van der Waals surface area contributed by atoms with Crippen molar-refractivity contribution in [3.05, 3.63) is 24.3 Å². The monoisotopic (exact) mass is 419 g/mol. The molecule has 1 aromatic carbocycles. The van der Waals surface area contributed by atoms with Crippen LogP contribution in [0.5, 0.6) is 0 Å². The van der Waals surface area contributed by atoms with Gasteiger partial charge in [-0.3, -0.25) is 14.5 Å². The molecule has 0 aromatic heterocycles. The average Bonchev–Trinajstić information content (AvgIpc) is 3.21. The lowest BCUT2D eigenvalue weighted by atomic mass is 9.78. The predicted molar refractivity (Wildman–Crippen MR) is 113 cm³/mol. The molecule has 3 N–H and O–H groups in total. The van der Waals surface area contributed by atoms with Gasteiger partial charge in [-0.25, -0.2) is 8.42 Å². The second-order valence-corrected chi connectivity index (χ2v) is 10.2. The Morgan fingerprint density at radius 3 is 2.79 bits per heavy atom. The highest BCUT2D eigenvalue weighted by molar-refractivity contribution is 7.90. The summed E-state index contributed by atoms with van der Waals surface area (Å²) < 4.78 is 27.7. The first-order valence-corrected chi connectivity index (χ1v) is 12.3. The van der Waals surface area contributed by atoms with Gasteiger partial charge in [0.2, 0.25) is 0 Å². The molecule has 8 heteroatoms. The molecule has 2 heterocycles. The summed E-state index contributed by atoms with van der Waals surface area (Å²) in [5.74, 6) is 1.22. The van der Waals surface area contributed by atoms with Crippen LogP contribution in [0.15, 0.2) is 34.2 Å². The summed E-state index contributed by atoms with van der Waals surface area (Å²) in [6, 6.07) is 7.05. The fourth-order valence-electron chi connectivity index (χ4n) is 5.08. The topological polar surface area (TPSA) is 92.1 Å². The first kappa shape index (κ1) is 20.3. The summed E-state index contributed by atoms with van der Waals surface area (Å²) >= 11 is 0. The molecule has 158 valence electrons. The zero-order valence-electron chi connectivity index (χ0n) is 16.8. The van der Waals surface area contributed by atoms with Gasteiger partial charge in [-0.2, -0.15) is 0 Å². The first-order chi connectivity index (χ1) is 14.0. The Balaban J connectivity index is 1.39. The van der Waals surface area contributed by atoms with Crippen LogP contribution in [-0.2, 0) is 14.8 Å². The van der Waals surface area contributed by atoms with Crippen LogP contribution in [0.25, 0.3) is 0 Å². The SMILES string of the molecule is O=C(C[NH+]1CCC[C@H]2CCCC[C@@H]21)Nc1cccc(S(=O)(=O)NC2=NCCC2)c1. The van der Waals surface area contributed by atoms with Gasteiger partial charge in [-0.15, -0.1) is 0 Å². The van der Waals surface area contributed by atoms with Crippen LogP contribution in [-0.4, -0.2) is 45.8 Å². The van der Waals surface area contributed by atoms with Gasteiger partial charge < -0.3 is 10.2 Å². The summed E-state index contributed by atoms with van der Waals surface area (Å²) in [4.78, 5) is 18.4. The maximum absolute atomic E-state index is 12.7. The number of carbonyl (C=O) groups is 1. The van der Waals surface area contributed by atoms with Gasteiger partial charge in [0.05, 0.1) is 17.5 Å². The number of likely N-dealkylation sites (tertiary alicyclic amines) is 1. The number of fused-ring (bicyclic) bond motifs is 1. The Bertz CT molecular complexity index is 882. The van der Waals surface area contributed by atoms with Gasteiger partial charge in [-0.05, 0) is 56.7 Å². The van der Waals surface area contributed by atoms with Crippen molar-refractivity contribution < 1.29 is 18.1 Å². The lowest BCUT2D eigenvalue weighted by Crippen LogP contribution is -3.18. The molecule has 0 spiro atoms. The number of quaternary nitrogens is 1. The standard InChI is InChI=1S/C21H30N4O3S/c26-21(15-25-13-5-7-16-6-1-2-10-19(16)25)23-17-8-3-9-18(14-17)29(27,28)24-20-11-4-12-22-20/h3,8-9,14,16,19H,1-2,4-7,10-13,15H2,(H,22,24)(H,23,26)/p+1/t16-,19+/m1/s1. The summed E-state index contributed by atoms with van der Waals surface area (Å²) in [6.07, 6.45) is 9.11. The van der Waals surface area contributed by atoms with E-state index in [1.54, 1.807) is 12.1 Å². The zero-order chi connectivity index (χ0) is 20.3. The van der Waals surface area contributed by atoms with Gasteiger partial charge in [0.1, 0.15) is 5.84 Å². The van der Waals surface area contributed by atoms with Crippen LogP contribution in [0.1, 0.15) is 51.4 Å². The number of aliphatic imine (C=N–C) groups is 1. The van der Waals surface area contributed by atoms with Gasteiger partial charge in [0.25, 0.3) is 15.9 Å². The fraction of sp³-hybridized carbons (Fsp3) is 0.619. The molecule has 1 aromatic rings. The molecule has 2 aliphatic heterocycles. The van der Waals surface area contributed by atoms with Crippen molar-refractivity contribution in [1.29, 1.82) is 0 Å². The number of nitrogens with zero attached hydrogens (tertiary/aromatic N) is 1. The second-order valence-electron chi connectivity index (χ2n) is 8.49. The van der Waals surface area contributed by atoms with E-state index in [9.17, 15) is 13.2 Å². The van der Waals surface area contributed by atoms with E-state index in [0.717, 1.165) is 18.9 Å². The zero-order valence-corrected chi connectivity index (χ0v) is 17.6. The van der Waals surface area contributed by atoms with E-state index < -0.39 is 10.0 Å². The minimum atomic E-state index is -3.68. The number of carbonyl (C=O) groups excluding carboxylic acids is 1. The third-order valence-corrected chi connectivity index (χ3v) is 7.83. The molecule has 7 nitrogen and oxygen atoms in total. The van der Waals surface area contributed by atoms with Crippen molar-refractivity contribution in [2.45, 2.75) is 62.3 Å². The van der Waals surface area contributed by atoms with Gasteiger partial charge in [0.15, 0.2) is 6.54 Å². The maximum Gasteiger partial charge on any atom is 0.279 e. The smallest absolute Gasteiger partial charge is 0.279 e. The van der Waals surface area contributed by atoms with Crippen LogP contribution >= 0.6 is 0 Å². The minimum absolute atomic E-state index is 0.0473. The summed E-state index contributed by atoms with van der Waals surface area (Å²) in [7, 11) is -3.68. The Morgan fingerprint density at radius 1 is 1.14 bits per heavy atom. The number of nitrogens with one attached hydrogen (secondary N) is 3. The second kappa shape index (κ2) is 8.83. The van der Waals surface area contributed by atoms with E-state index in [1.807, 2.05) is 0 Å². The number of amidine groups is 1. The van der Waals surface area contributed by atoms with Crippen molar-refractivity contribution in [1.82, 2.24) is 4.72 Å². The number of benzene rings is 1. The highest BCUT2D eigenvalue weighted by atomic mass is 32.2. The van der Waals surface area contributed by atoms with E-state index in [2.05, 4.69) is 15.0 Å². The third kappa shape index (κ3) is 4.98. The average molecular weight is 420 g/mol. The molecule has 1 saturated heterocycles. The van der Waals surface area contributed by atoms with Crippen LogP contribution in [0.3, 0.4) is 0 Å². The minimum Gasteiger partial charge on any atom is -0.324 e. The van der Waals surface area contributed by atoms with Gasteiger partial charge in [-0.1, -0.05) is 12.5 Å². The molecule has 4 rings (SSSR count). The normalized spacial score (nSPS) is 27.0.